The number of hydrogen-bond acceptors (Lipinski definition) is 7. The van der Waals surface area contributed by atoms with E-state index < -0.39 is 0 Å². The predicted octanol–water partition coefficient (Wildman–Crippen LogP) is 3.72. The number of methoxy groups -OCH3 is 1. The Morgan fingerprint density at radius 3 is 2.69 bits per heavy atom. The minimum absolute atomic E-state index is 0.384. The number of thiazole rings is 1. The molecule has 0 bridgehead atoms. The lowest BCUT2D eigenvalue weighted by Gasteiger charge is -2.18. The van der Waals surface area contributed by atoms with Gasteiger partial charge in [-0.25, -0.2) is 4.98 Å². The Bertz CT molecular complexity index is 832. The van der Waals surface area contributed by atoms with Crippen molar-refractivity contribution in [2.45, 2.75) is 46.6 Å². The van der Waals surface area contributed by atoms with E-state index in [2.05, 4.69) is 51.9 Å². The Morgan fingerprint density at radius 2 is 2.07 bits per heavy atom. The smallest absolute Gasteiger partial charge is 0.212 e. The molecular formula is C21H31N5O2S. The van der Waals surface area contributed by atoms with Crippen LogP contribution < -0.4 is 16.0 Å². The highest BCUT2D eigenvalue weighted by Crippen LogP contribution is 2.25. The fraction of sp³-hybridized carbons (Fsp3) is 0.476. The second kappa shape index (κ2) is 11.5. The molecule has 0 fully saturated rings. The number of nitrogens with one attached hydrogen (secondary N) is 3. The lowest BCUT2D eigenvalue weighted by molar-refractivity contribution is -0.105. The van der Waals surface area contributed by atoms with Crippen LogP contribution in [0.5, 0.6) is 0 Å². The standard InChI is InChI=1S/C17H21N5OS.C4H10O/c1-11-7-14(21-17-18-4-3-5-19-17)12(2)6-13(11)8-16-22-15(9-24-16)20-10-23;1-4(2)5-3/h6-7,9-10H,3-5,8H2,1-2H3,(H,20,23)(H2,18,19,21);4H,1-3H3. The van der Waals surface area contributed by atoms with E-state index in [1.165, 1.54) is 16.7 Å². The summed E-state index contributed by atoms with van der Waals surface area (Å²) in [5.74, 6) is 1.46. The van der Waals surface area contributed by atoms with Gasteiger partial charge in [0.1, 0.15) is 5.82 Å². The number of carbonyl (C=O) groups is 1. The summed E-state index contributed by atoms with van der Waals surface area (Å²) in [6.07, 6.45) is 2.88. The van der Waals surface area contributed by atoms with Crippen LogP contribution in [-0.2, 0) is 16.0 Å². The van der Waals surface area contributed by atoms with Crippen LogP contribution in [0, 0.1) is 13.8 Å². The number of hydrogen-bond donors (Lipinski definition) is 3. The SMILES string of the molecule is COC(C)C.Cc1cc(NC2=NCCCN2)c(C)cc1Cc1nc(NC=O)cs1. The van der Waals surface area contributed by atoms with Gasteiger partial charge in [0.05, 0.1) is 11.1 Å². The fourth-order valence-corrected chi connectivity index (χ4v) is 3.38. The topological polar surface area (TPSA) is 87.6 Å². The number of aryl methyl sites for hydroxylation is 2. The Hall–Kier alpha value is -2.45. The highest BCUT2D eigenvalue weighted by molar-refractivity contribution is 7.10. The van der Waals surface area contributed by atoms with Crippen LogP contribution in [0.15, 0.2) is 22.5 Å². The van der Waals surface area contributed by atoms with E-state index in [4.69, 9.17) is 4.74 Å². The number of aliphatic imine (C=N–C) groups is 1. The van der Waals surface area contributed by atoms with Crippen LogP contribution in [0.1, 0.15) is 42.0 Å². The molecule has 0 saturated carbocycles. The number of ether oxygens (including phenoxy) is 1. The number of nitrogens with zero attached hydrogens (tertiary/aromatic N) is 2. The second-order valence-corrected chi connectivity index (χ2v) is 8.02. The molecule has 8 heteroatoms. The van der Waals surface area contributed by atoms with Crippen LogP contribution in [-0.4, -0.2) is 43.7 Å². The third-order valence-corrected chi connectivity index (χ3v) is 5.25. The van der Waals surface area contributed by atoms with Crippen molar-refractivity contribution < 1.29 is 9.53 Å². The first-order valence-electron chi connectivity index (χ1n) is 9.75. The molecule has 1 aromatic heterocycles. The van der Waals surface area contributed by atoms with Gasteiger partial charge in [-0.15, -0.1) is 11.3 Å². The number of aromatic nitrogens is 1. The number of benzene rings is 1. The normalized spacial score (nSPS) is 13.1. The largest absolute Gasteiger partial charge is 0.382 e. The maximum atomic E-state index is 10.5. The summed E-state index contributed by atoms with van der Waals surface area (Å²) >= 11 is 1.55. The average molecular weight is 418 g/mol. The Kier molecular flexibility index (Phi) is 9.08. The van der Waals surface area contributed by atoms with E-state index in [-0.39, 0.29) is 0 Å². The molecule has 2 aromatic rings. The van der Waals surface area contributed by atoms with Gasteiger partial charge < -0.3 is 20.7 Å². The van der Waals surface area contributed by atoms with Crippen LogP contribution >= 0.6 is 11.3 Å². The van der Waals surface area contributed by atoms with Crippen molar-refractivity contribution >= 4 is 35.2 Å². The molecule has 1 aliphatic heterocycles. The quantitative estimate of drug-likeness (QED) is 0.624. The van der Waals surface area contributed by atoms with Gasteiger partial charge in [0.15, 0.2) is 5.96 Å². The van der Waals surface area contributed by atoms with Gasteiger partial charge in [0, 0.05) is 37.7 Å². The number of amides is 1. The first-order valence-corrected chi connectivity index (χ1v) is 10.6. The molecule has 1 aromatic carbocycles. The summed E-state index contributed by atoms with van der Waals surface area (Å²) in [5, 5.41) is 12.1. The van der Waals surface area contributed by atoms with Crippen molar-refractivity contribution in [3.05, 3.63) is 39.2 Å². The Balaban J connectivity index is 0.000000537. The zero-order chi connectivity index (χ0) is 21.2. The van der Waals surface area contributed by atoms with Crippen molar-refractivity contribution in [3.63, 3.8) is 0 Å². The minimum Gasteiger partial charge on any atom is -0.382 e. The van der Waals surface area contributed by atoms with Gasteiger partial charge in [-0.05, 0) is 56.9 Å². The zero-order valence-electron chi connectivity index (χ0n) is 17.8. The maximum absolute atomic E-state index is 10.5. The van der Waals surface area contributed by atoms with Crippen LogP contribution in [0.25, 0.3) is 0 Å². The van der Waals surface area contributed by atoms with Gasteiger partial charge in [-0.1, -0.05) is 6.07 Å². The first kappa shape index (κ1) is 22.8. The maximum Gasteiger partial charge on any atom is 0.212 e. The van der Waals surface area contributed by atoms with Crippen molar-refractivity contribution in [1.29, 1.82) is 0 Å². The number of guanidine groups is 1. The zero-order valence-corrected chi connectivity index (χ0v) is 18.7. The van der Waals surface area contributed by atoms with Gasteiger partial charge in [0.25, 0.3) is 0 Å². The lowest BCUT2D eigenvalue weighted by Crippen LogP contribution is -2.35. The van der Waals surface area contributed by atoms with E-state index in [9.17, 15) is 4.79 Å². The van der Waals surface area contributed by atoms with Crippen molar-refractivity contribution in [1.82, 2.24) is 10.3 Å². The van der Waals surface area contributed by atoms with Crippen LogP contribution in [0.3, 0.4) is 0 Å². The molecule has 1 aliphatic rings. The molecule has 0 radical (unpaired) electrons. The Morgan fingerprint density at radius 1 is 1.31 bits per heavy atom. The third-order valence-electron chi connectivity index (χ3n) is 4.40. The van der Waals surface area contributed by atoms with Gasteiger partial charge in [-0.2, -0.15) is 0 Å². The third kappa shape index (κ3) is 7.47. The van der Waals surface area contributed by atoms with E-state index in [0.717, 1.165) is 42.6 Å². The molecule has 3 rings (SSSR count). The molecule has 0 unspecified atom stereocenters. The molecule has 0 saturated heterocycles. The lowest BCUT2D eigenvalue weighted by atomic mass is 10.0. The van der Waals surface area contributed by atoms with Crippen molar-refractivity contribution in [2.24, 2.45) is 4.99 Å². The summed E-state index contributed by atoms with van der Waals surface area (Å²) in [6.45, 7) is 10.0. The number of rotatable bonds is 6. The summed E-state index contributed by atoms with van der Waals surface area (Å²) in [5.41, 5.74) is 4.70. The summed E-state index contributed by atoms with van der Waals surface area (Å²) in [4.78, 5) is 19.3. The van der Waals surface area contributed by atoms with E-state index in [1.54, 1.807) is 18.4 Å². The van der Waals surface area contributed by atoms with E-state index >= 15 is 0 Å². The number of anilines is 2. The molecule has 7 nitrogen and oxygen atoms in total. The molecule has 1 amide bonds. The molecule has 0 spiro atoms. The summed E-state index contributed by atoms with van der Waals surface area (Å²) < 4.78 is 4.75. The van der Waals surface area contributed by atoms with Gasteiger partial charge in [-0.3, -0.25) is 9.79 Å². The molecule has 0 aliphatic carbocycles. The van der Waals surface area contributed by atoms with E-state index in [1.807, 2.05) is 19.2 Å². The Labute approximate surface area is 177 Å². The molecule has 3 N–H and O–H groups in total. The number of carbonyl (C=O) groups excluding carboxylic acids is 1. The highest BCUT2D eigenvalue weighted by Gasteiger charge is 2.10. The second-order valence-electron chi connectivity index (χ2n) is 7.08. The predicted molar refractivity (Wildman–Crippen MR) is 121 cm³/mol. The summed E-state index contributed by atoms with van der Waals surface area (Å²) in [7, 11) is 1.70. The van der Waals surface area contributed by atoms with Gasteiger partial charge in [0.2, 0.25) is 6.41 Å². The van der Waals surface area contributed by atoms with Crippen LogP contribution in [0.4, 0.5) is 11.5 Å². The molecular weight excluding hydrogens is 386 g/mol. The van der Waals surface area contributed by atoms with Crippen molar-refractivity contribution in [2.75, 3.05) is 30.8 Å². The van der Waals surface area contributed by atoms with Crippen LogP contribution in [0.2, 0.25) is 0 Å². The van der Waals surface area contributed by atoms with E-state index in [0.29, 0.717) is 18.3 Å². The highest BCUT2D eigenvalue weighted by atomic mass is 32.1. The average Bonchev–Trinajstić information content (AvgIpc) is 3.14. The van der Waals surface area contributed by atoms with Crippen molar-refractivity contribution in [3.8, 4) is 0 Å². The van der Waals surface area contributed by atoms with Gasteiger partial charge >= 0.3 is 0 Å². The summed E-state index contributed by atoms with van der Waals surface area (Å²) in [6, 6.07) is 4.34. The fourth-order valence-electron chi connectivity index (χ4n) is 2.63. The minimum atomic E-state index is 0.384. The molecule has 29 heavy (non-hydrogen) atoms. The monoisotopic (exact) mass is 417 g/mol. The molecule has 0 atom stereocenters. The molecule has 2 heterocycles. The molecule has 158 valence electrons. The first-order chi connectivity index (χ1) is 13.9.